The van der Waals surface area contributed by atoms with E-state index in [4.69, 9.17) is 35.6 Å². The van der Waals surface area contributed by atoms with Crippen LogP contribution in [0, 0.1) is 10.8 Å². The van der Waals surface area contributed by atoms with Crippen LogP contribution in [0.4, 0.5) is 0 Å². The molecule has 1 aromatic heterocycles. The van der Waals surface area contributed by atoms with E-state index in [0.29, 0.717) is 44.4 Å². The summed E-state index contributed by atoms with van der Waals surface area (Å²) in [6.07, 6.45) is 11.0. The number of benzene rings is 1. The van der Waals surface area contributed by atoms with Gasteiger partial charge in [-0.1, -0.05) is 48.6 Å². The van der Waals surface area contributed by atoms with Crippen molar-refractivity contribution in [2.45, 2.75) is 37.5 Å². The summed E-state index contributed by atoms with van der Waals surface area (Å²) in [4.78, 5) is 29.4. The molecule has 0 spiro atoms. The van der Waals surface area contributed by atoms with Gasteiger partial charge in [0.2, 0.25) is 19.2 Å². The third-order valence-corrected chi connectivity index (χ3v) is 6.41. The molecule has 0 saturated carbocycles. The van der Waals surface area contributed by atoms with Crippen LogP contribution in [-0.4, -0.2) is 56.3 Å². The zero-order valence-electron chi connectivity index (χ0n) is 21.6. The van der Waals surface area contributed by atoms with E-state index in [0.717, 1.165) is 22.4 Å². The van der Waals surface area contributed by atoms with Crippen LogP contribution in [0.2, 0.25) is 0 Å². The predicted molar refractivity (Wildman–Crippen MR) is 153 cm³/mol. The van der Waals surface area contributed by atoms with Crippen molar-refractivity contribution in [3.05, 3.63) is 76.0 Å². The number of allylic oxidation sites excluding steroid dienone is 4. The molecule has 1 unspecified atom stereocenters. The van der Waals surface area contributed by atoms with Gasteiger partial charge in [0.15, 0.2) is 5.79 Å². The molecule has 1 aliphatic heterocycles. The van der Waals surface area contributed by atoms with Gasteiger partial charge in [0.05, 0.1) is 13.2 Å². The largest absolute Gasteiger partial charge is 0.384 e. The molecule has 0 aliphatic carbocycles. The van der Waals surface area contributed by atoms with E-state index in [2.05, 4.69) is 16.8 Å². The van der Waals surface area contributed by atoms with E-state index in [1.807, 2.05) is 60.0 Å². The molecule has 210 valence electrons. The fourth-order valence-electron chi connectivity index (χ4n) is 3.82. The van der Waals surface area contributed by atoms with Crippen molar-refractivity contribution in [1.82, 2.24) is 5.32 Å². The average Bonchev–Trinajstić information content (AvgIpc) is 3.58. The first kappa shape index (κ1) is 32.9. The van der Waals surface area contributed by atoms with E-state index in [-0.39, 0.29) is 24.7 Å². The van der Waals surface area contributed by atoms with Gasteiger partial charge < -0.3 is 37.4 Å². The number of amides is 3. The molecule has 12 heteroatoms. The van der Waals surface area contributed by atoms with Crippen molar-refractivity contribution >= 4 is 48.2 Å². The number of amidine groups is 1. The molecule has 39 heavy (non-hydrogen) atoms. The minimum absolute atomic E-state index is 0.0376. The summed E-state index contributed by atoms with van der Waals surface area (Å²) < 4.78 is 12.0. The molecule has 2 heterocycles. The lowest BCUT2D eigenvalue weighted by atomic mass is 9.98. The van der Waals surface area contributed by atoms with Crippen molar-refractivity contribution in [2.75, 3.05) is 13.2 Å². The summed E-state index contributed by atoms with van der Waals surface area (Å²) in [6.45, 7) is 1.05. The highest BCUT2D eigenvalue weighted by Crippen LogP contribution is 2.31. The fourth-order valence-corrected chi connectivity index (χ4v) is 4.79. The van der Waals surface area contributed by atoms with Gasteiger partial charge in [0, 0.05) is 47.3 Å². The maximum atomic E-state index is 11.2. The van der Waals surface area contributed by atoms with Gasteiger partial charge in [-0.05, 0) is 23.6 Å². The molecule has 1 atom stereocenters. The molecule has 1 aromatic carbocycles. The highest BCUT2D eigenvalue weighted by Gasteiger charge is 2.38. The van der Waals surface area contributed by atoms with Crippen LogP contribution >= 0.6 is 11.3 Å². The van der Waals surface area contributed by atoms with Crippen LogP contribution in [0.5, 0.6) is 0 Å². The molecule has 3 rings (SSSR count). The lowest BCUT2D eigenvalue weighted by molar-refractivity contribution is -0.170. The smallest absolute Gasteiger partial charge is 0.207 e. The molecule has 2 aromatic rings. The summed E-state index contributed by atoms with van der Waals surface area (Å²) >= 11 is 1.52. The van der Waals surface area contributed by atoms with Crippen molar-refractivity contribution in [3.8, 4) is 0 Å². The van der Waals surface area contributed by atoms with Crippen LogP contribution in [0.1, 0.15) is 35.3 Å². The normalized spacial score (nSPS) is 14.6. The van der Waals surface area contributed by atoms with Gasteiger partial charge >= 0.3 is 0 Å². The van der Waals surface area contributed by atoms with Crippen molar-refractivity contribution in [1.29, 1.82) is 10.8 Å². The monoisotopic (exact) mass is 556 g/mol. The Morgan fingerprint density at radius 3 is 2.28 bits per heavy atom. The van der Waals surface area contributed by atoms with Gasteiger partial charge in [0.25, 0.3) is 0 Å². The number of nitrogens with one attached hydrogen (secondary N) is 3. The molecule has 1 aliphatic rings. The fraction of sp³-hybridized carbons (Fsp3) is 0.296. The molecule has 1 fully saturated rings. The third kappa shape index (κ3) is 12.3. The first-order chi connectivity index (χ1) is 18.9. The standard InChI is InChI=1S/C25H30N4O3S.2CH3NO/c26-16-20(19-7-3-1-4-8-19)9-5-2-6-10-25(31-11-12-32-25)15-22(29-18-30)14-23-13-21(17-33-23)24(27)28;2*2-1-3/h1-5,7-9,13,16-18,22,26H,6,10-12,14-15H2,(H3,27,28)(H,29,30);2*1H,(H2,2,3)/b5-2+,20-9+,26-16?;;. The van der Waals surface area contributed by atoms with Crippen molar-refractivity contribution in [2.24, 2.45) is 17.2 Å². The number of nitrogen functional groups attached to an aromatic ring is 1. The Balaban J connectivity index is 0.00000116. The predicted octanol–water partition coefficient (Wildman–Crippen LogP) is 2.10. The summed E-state index contributed by atoms with van der Waals surface area (Å²) in [5.74, 6) is -0.713. The van der Waals surface area contributed by atoms with Gasteiger partial charge in [-0.25, -0.2) is 0 Å². The number of thiophene rings is 1. The lowest BCUT2D eigenvalue weighted by Gasteiger charge is -2.31. The molecule has 9 N–H and O–H groups in total. The summed E-state index contributed by atoms with van der Waals surface area (Å²) in [6, 6.07) is 11.5. The van der Waals surface area contributed by atoms with Gasteiger partial charge in [-0.15, -0.1) is 11.3 Å². The number of hydrogen-bond acceptors (Lipinski definition) is 8. The highest BCUT2D eigenvalue weighted by molar-refractivity contribution is 7.10. The Morgan fingerprint density at radius 1 is 1.10 bits per heavy atom. The number of nitrogens with two attached hydrogens (primary N) is 3. The van der Waals surface area contributed by atoms with Crippen LogP contribution in [-0.2, 0) is 30.3 Å². The number of hydrogen-bond donors (Lipinski definition) is 6. The Hall–Kier alpha value is -4.13. The molecule has 0 radical (unpaired) electrons. The molecular weight excluding hydrogens is 520 g/mol. The minimum Gasteiger partial charge on any atom is -0.384 e. The topological polar surface area (TPSA) is 207 Å². The van der Waals surface area contributed by atoms with Gasteiger partial charge in [-0.3, -0.25) is 19.8 Å². The van der Waals surface area contributed by atoms with Crippen molar-refractivity contribution in [3.63, 3.8) is 0 Å². The maximum absolute atomic E-state index is 11.2. The van der Waals surface area contributed by atoms with E-state index >= 15 is 0 Å². The number of carbonyl (C=O) groups is 3. The summed E-state index contributed by atoms with van der Waals surface area (Å²) in [5, 5.41) is 20.0. The Morgan fingerprint density at radius 2 is 1.74 bits per heavy atom. The number of carbonyl (C=O) groups excluding carboxylic acids is 3. The molecule has 0 bridgehead atoms. The minimum atomic E-state index is -0.751. The zero-order chi connectivity index (χ0) is 28.9. The zero-order valence-corrected chi connectivity index (χ0v) is 22.4. The van der Waals surface area contributed by atoms with Crippen LogP contribution in [0.15, 0.2) is 60.0 Å². The average molecular weight is 557 g/mol. The van der Waals surface area contributed by atoms with Gasteiger partial charge in [0.1, 0.15) is 5.84 Å². The van der Waals surface area contributed by atoms with Crippen LogP contribution in [0.25, 0.3) is 5.57 Å². The maximum Gasteiger partial charge on any atom is 0.207 e. The second kappa shape index (κ2) is 19.0. The number of primary amides is 2. The first-order valence-electron chi connectivity index (χ1n) is 12.0. The van der Waals surface area contributed by atoms with E-state index < -0.39 is 5.79 Å². The van der Waals surface area contributed by atoms with Crippen LogP contribution < -0.4 is 22.5 Å². The van der Waals surface area contributed by atoms with Crippen LogP contribution in [0.3, 0.4) is 0 Å². The van der Waals surface area contributed by atoms with Gasteiger partial charge in [-0.2, -0.15) is 0 Å². The molecule has 11 nitrogen and oxygen atoms in total. The molecular formula is C27H36N6O5S. The highest BCUT2D eigenvalue weighted by atomic mass is 32.1. The lowest BCUT2D eigenvalue weighted by Crippen LogP contribution is -2.41. The Labute approximate surface area is 232 Å². The number of ether oxygens (including phenoxy) is 2. The quantitative estimate of drug-likeness (QED) is 0.0941. The third-order valence-electron chi connectivity index (χ3n) is 5.45. The van der Waals surface area contributed by atoms with Crippen molar-refractivity contribution < 1.29 is 23.9 Å². The van der Waals surface area contributed by atoms with E-state index in [1.165, 1.54) is 17.6 Å². The summed E-state index contributed by atoms with van der Waals surface area (Å²) in [5.41, 5.74) is 16.4. The second-order valence-corrected chi connectivity index (χ2v) is 9.08. The molecule has 1 saturated heterocycles. The molecule has 3 amide bonds. The first-order valence-corrected chi connectivity index (χ1v) is 12.9. The number of rotatable bonds is 13. The van der Waals surface area contributed by atoms with E-state index in [9.17, 15) is 4.79 Å². The second-order valence-electron chi connectivity index (χ2n) is 8.08. The Kier molecular flexibility index (Phi) is 16.0. The Bertz CT molecular complexity index is 1090. The SMILES string of the molecule is N=C/C(=C\C=C\CCC1(CC(Cc2cc(C(=N)N)cs2)NC=O)OCCO1)c1ccccc1.NC=O.NC=O. The van der Waals surface area contributed by atoms with E-state index in [1.54, 1.807) is 0 Å². The summed E-state index contributed by atoms with van der Waals surface area (Å²) in [7, 11) is 0.